The quantitative estimate of drug-likeness (QED) is 0.224. The van der Waals surface area contributed by atoms with Crippen molar-refractivity contribution < 1.29 is 19.4 Å². The normalized spacial score (nSPS) is 18.2. The molecule has 1 atom stereocenters. The summed E-state index contributed by atoms with van der Waals surface area (Å²) in [4.78, 5) is 26.5. The number of carboxylic acids is 1. The van der Waals surface area contributed by atoms with Crippen LogP contribution in [0.3, 0.4) is 0 Å². The van der Waals surface area contributed by atoms with E-state index in [1.54, 1.807) is 4.68 Å². The third kappa shape index (κ3) is 5.54. The number of carbonyl (C=O) groups excluding carboxylic acids is 1. The topological polar surface area (TPSA) is 84.7 Å². The van der Waals surface area contributed by atoms with Gasteiger partial charge < -0.3 is 14.7 Å². The van der Waals surface area contributed by atoms with Crippen LogP contribution in [0.2, 0.25) is 0 Å². The second kappa shape index (κ2) is 11.8. The lowest BCUT2D eigenvalue weighted by Gasteiger charge is -2.32. The van der Waals surface area contributed by atoms with Crippen molar-refractivity contribution in [3.63, 3.8) is 0 Å². The molecule has 7 rings (SSSR count). The van der Waals surface area contributed by atoms with E-state index in [1.807, 2.05) is 26.0 Å². The van der Waals surface area contributed by atoms with Crippen LogP contribution in [0.4, 0.5) is 0 Å². The fourth-order valence-electron chi connectivity index (χ4n) is 7.39. The van der Waals surface area contributed by atoms with Gasteiger partial charge in [0.1, 0.15) is 17.4 Å². The van der Waals surface area contributed by atoms with E-state index >= 15 is 0 Å². The maximum absolute atomic E-state index is 12.5. The van der Waals surface area contributed by atoms with Crippen molar-refractivity contribution in [1.82, 2.24) is 14.7 Å². The van der Waals surface area contributed by atoms with E-state index in [1.165, 1.54) is 16.7 Å². The molecule has 1 unspecified atom stereocenters. The fourth-order valence-corrected chi connectivity index (χ4v) is 7.39. The molecular weight excluding hydrogens is 562 g/mol. The largest absolute Gasteiger partial charge is 0.485 e. The van der Waals surface area contributed by atoms with Gasteiger partial charge in [-0.05, 0) is 111 Å². The van der Waals surface area contributed by atoms with Gasteiger partial charge in [-0.25, -0.2) is 9.48 Å². The van der Waals surface area contributed by atoms with Gasteiger partial charge in [-0.2, -0.15) is 5.10 Å². The van der Waals surface area contributed by atoms with Crippen molar-refractivity contribution in [3.8, 4) is 22.6 Å². The van der Waals surface area contributed by atoms with Crippen molar-refractivity contribution in [2.45, 2.75) is 77.7 Å². The first-order chi connectivity index (χ1) is 21.8. The van der Waals surface area contributed by atoms with E-state index in [4.69, 9.17) is 4.74 Å². The van der Waals surface area contributed by atoms with Crippen LogP contribution in [-0.4, -0.2) is 44.8 Å². The Morgan fingerprint density at radius 1 is 0.956 bits per heavy atom. The van der Waals surface area contributed by atoms with Gasteiger partial charge in [0.05, 0.1) is 17.1 Å². The van der Waals surface area contributed by atoms with Crippen molar-refractivity contribution in [1.29, 1.82) is 0 Å². The predicted molar refractivity (Wildman–Crippen MR) is 174 cm³/mol. The molecule has 232 valence electrons. The summed E-state index contributed by atoms with van der Waals surface area (Å²) < 4.78 is 8.53. The van der Waals surface area contributed by atoms with Gasteiger partial charge in [-0.15, -0.1) is 0 Å². The molecule has 1 N–H and O–H groups in total. The number of carboxylic acid groups (broad SMARTS) is 1. The highest BCUT2D eigenvalue weighted by Crippen LogP contribution is 2.43. The number of likely N-dealkylation sites (tertiary alicyclic amines) is 1. The molecule has 0 spiro atoms. The molecule has 1 aromatic heterocycles. The molecular formula is C38H41N3O4. The van der Waals surface area contributed by atoms with E-state index in [9.17, 15) is 14.7 Å². The first-order valence-corrected chi connectivity index (χ1v) is 16.4. The number of amides is 1. The Morgan fingerprint density at radius 3 is 2.42 bits per heavy atom. The number of nitrogens with zero attached hydrogens (tertiary/aromatic N) is 3. The van der Waals surface area contributed by atoms with E-state index < -0.39 is 5.97 Å². The Hall–Kier alpha value is -4.39. The second-order valence-electron chi connectivity index (χ2n) is 13.0. The van der Waals surface area contributed by atoms with Gasteiger partial charge in [0.15, 0.2) is 0 Å². The minimum atomic E-state index is -0.943. The number of hydrogen-bond acceptors (Lipinski definition) is 4. The number of ether oxygens (including phenoxy) is 1. The van der Waals surface area contributed by atoms with E-state index in [0.717, 1.165) is 79.7 Å². The Labute approximate surface area is 264 Å². The molecule has 7 heteroatoms. The summed E-state index contributed by atoms with van der Waals surface area (Å²) in [5.74, 6) is 1.12. The van der Waals surface area contributed by atoms with Gasteiger partial charge in [-0.1, -0.05) is 49.4 Å². The summed E-state index contributed by atoms with van der Waals surface area (Å²) in [5.41, 5.74) is 9.57. The summed E-state index contributed by atoms with van der Waals surface area (Å²) in [5, 5.41) is 14.5. The van der Waals surface area contributed by atoms with E-state index in [-0.39, 0.29) is 11.7 Å². The fraction of sp³-hybridized carbons (Fsp3) is 0.395. The Kier molecular flexibility index (Phi) is 7.72. The lowest BCUT2D eigenvalue weighted by atomic mass is 9.88. The van der Waals surface area contributed by atoms with E-state index in [0.29, 0.717) is 35.6 Å². The number of piperidine rings is 1. The number of carbonyl (C=O) groups is 2. The number of rotatable bonds is 8. The maximum atomic E-state index is 12.5. The van der Waals surface area contributed by atoms with Crippen molar-refractivity contribution in [2.24, 2.45) is 5.92 Å². The van der Waals surface area contributed by atoms with Crippen LogP contribution in [0, 0.1) is 19.8 Å². The summed E-state index contributed by atoms with van der Waals surface area (Å²) in [6.07, 6.45) is 6.55. The van der Waals surface area contributed by atoms with E-state index in [2.05, 4.69) is 65.5 Å². The third-order valence-electron chi connectivity index (χ3n) is 10.0. The minimum Gasteiger partial charge on any atom is -0.485 e. The van der Waals surface area contributed by atoms with Gasteiger partial charge in [0.2, 0.25) is 5.91 Å². The SMILES string of the molecule is CCc1nn(-c2cccc(-c3cccc4c3C(Oc3ccc(C5CCN(C(=O)C6CC6)CC5)cc3C)CC4)c2)c(C)c1C(=O)O. The summed E-state index contributed by atoms with van der Waals surface area (Å²) >= 11 is 0. The van der Waals surface area contributed by atoms with Crippen LogP contribution in [0.1, 0.15) is 95.0 Å². The third-order valence-corrected chi connectivity index (χ3v) is 10.0. The Morgan fingerprint density at radius 2 is 1.73 bits per heavy atom. The zero-order valence-electron chi connectivity index (χ0n) is 26.4. The molecule has 1 amide bonds. The van der Waals surface area contributed by atoms with Crippen molar-refractivity contribution in [2.75, 3.05) is 13.1 Å². The summed E-state index contributed by atoms with van der Waals surface area (Å²) in [6.45, 7) is 7.61. The molecule has 0 bridgehead atoms. The average Bonchev–Trinajstić information content (AvgIpc) is 3.74. The molecule has 3 aromatic carbocycles. The molecule has 7 nitrogen and oxygen atoms in total. The molecule has 1 saturated carbocycles. The number of hydrogen-bond donors (Lipinski definition) is 1. The van der Waals surface area contributed by atoms with Crippen molar-refractivity contribution in [3.05, 3.63) is 99.9 Å². The monoisotopic (exact) mass is 603 g/mol. The molecule has 2 fully saturated rings. The smallest absolute Gasteiger partial charge is 0.339 e. The molecule has 1 saturated heterocycles. The van der Waals surface area contributed by atoms with Gasteiger partial charge in [0, 0.05) is 24.6 Å². The number of aryl methyl sites for hydroxylation is 3. The minimum absolute atomic E-state index is 0.0576. The molecule has 0 radical (unpaired) electrons. The first-order valence-electron chi connectivity index (χ1n) is 16.4. The zero-order chi connectivity index (χ0) is 31.2. The van der Waals surface area contributed by atoms with Crippen LogP contribution in [-0.2, 0) is 17.6 Å². The van der Waals surface area contributed by atoms with Gasteiger partial charge in [-0.3, -0.25) is 4.79 Å². The molecule has 2 aliphatic carbocycles. The van der Waals surface area contributed by atoms with Gasteiger partial charge in [0.25, 0.3) is 0 Å². The van der Waals surface area contributed by atoms with Crippen LogP contribution in [0.25, 0.3) is 16.8 Å². The molecule has 3 aliphatic rings. The second-order valence-corrected chi connectivity index (χ2v) is 13.0. The molecule has 1 aliphatic heterocycles. The van der Waals surface area contributed by atoms with Crippen LogP contribution >= 0.6 is 0 Å². The highest BCUT2D eigenvalue weighted by Gasteiger charge is 2.35. The van der Waals surface area contributed by atoms with Gasteiger partial charge >= 0.3 is 5.97 Å². The lowest BCUT2D eigenvalue weighted by Crippen LogP contribution is -2.38. The number of aromatic nitrogens is 2. The average molecular weight is 604 g/mol. The maximum Gasteiger partial charge on any atom is 0.339 e. The zero-order valence-corrected chi connectivity index (χ0v) is 26.4. The Bertz CT molecular complexity index is 1780. The summed E-state index contributed by atoms with van der Waals surface area (Å²) in [7, 11) is 0. The predicted octanol–water partition coefficient (Wildman–Crippen LogP) is 7.60. The molecule has 45 heavy (non-hydrogen) atoms. The first kappa shape index (κ1) is 29.3. The summed E-state index contributed by atoms with van der Waals surface area (Å²) in [6, 6.07) is 21.3. The van der Waals surface area contributed by atoms with Crippen molar-refractivity contribution >= 4 is 11.9 Å². The highest BCUT2D eigenvalue weighted by atomic mass is 16.5. The van der Waals surface area contributed by atoms with Crippen LogP contribution in [0.15, 0.2) is 60.7 Å². The van der Waals surface area contributed by atoms with Crippen LogP contribution in [0.5, 0.6) is 5.75 Å². The molecule has 4 aromatic rings. The highest BCUT2D eigenvalue weighted by molar-refractivity contribution is 5.90. The Balaban J connectivity index is 1.12. The number of fused-ring (bicyclic) bond motifs is 1. The molecule has 2 heterocycles. The van der Waals surface area contributed by atoms with Crippen LogP contribution < -0.4 is 4.74 Å². The number of benzene rings is 3. The standard InChI is InChI=1S/C38H41N3O4/c1-4-32-35(38(43)44)24(3)41(39-32)30-9-5-8-29(22-30)31-10-6-7-26-13-16-34(36(26)31)45-33-15-14-28(21-23(33)2)25-17-19-40(20-18-25)37(42)27-11-12-27/h5-10,14-15,21-22,25,27,34H,4,11-13,16-20H2,1-3H3,(H,43,44). The number of aromatic carboxylic acids is 1. The lowest BCUT2D eigenvalue weighted by molar-refractivity contribution is -0.133.